The van der Waals surface area contributed by atoms with Crippen molar-refractivity contribution in [2.45, 2.75) is 63.5 Å². The SMILES string of the molecule is CC(CNC1CC1)NCC1CCCC(F)(F)C1. The third-order valence-electron chi connectivity index (χ3n) is 3.79. The minimum Gasteiger partial charge on any atom is -0.313 e. The Morgan fingerprint density at radius 2 is 2.06 bits per heavy atom. The van der Waals surface area contributed by atoms with Gasteiger partial charge in [0, 0.05) is 31.5 Å². The van der Waals surface area contributed by atoms with Crippen molar-refractivity contribution in [1.82, 2.24) is 10.6 Å². The Bertz CT molecular complexity index is 242. The van der Waals surface area contributed by atoms with Gasteiger partial charge in [-0.25, -0.2) is 8.78 Å². The molecule has 2 saturated carbocycles. The zero-order valence-electron chi connectivity index (χ0n) is 10.6. The molecule has 2 N–H and O–H groups in total. The van der Waals surface area contributed by atoms with Crippen molar-refractivity contribution in [3.05, 3.63) is 0 Å². The molecule has 2 rings (SSSR count). The van der Waals surface area contributed by atoms with Crippen LogP contribution in [0.4, 0.5) is 8.78 Å². The van der Waals surface area contributed by atoms with E-state index in [2.05, 4.69) is 17.6 Å². The summed E-state index contributed by atoms with van der Waals surface area (Å²) in [5.41, 5.74) is 0. The van der Waals surface area contributed by atoms with Crippen molar-refractivity contribution < 1.29 is 8.78 Å². The second-order valence-corrected chi connectivity index (χ2v) is 5.81. The second-order valence-electron chi connectivity index (χ2n) is 5.81. The van der Waals surface area contributed by atoms with Gasteiger partial charge in [-0.05, 0) is 45.1 Å². The summed E-state index contributed by atoms with van der Waals surface area (Å²) in [5.74, 6) is -2.26. The fraction of sp³-hybridized carbons (Fsp3) is 1.00. The van der Waals surface area contributed by atoms with Gasteiger partial charge in [0.15, 0.2) is 0 Å². The fourth-order valence-electron chi connectivity index (χ4n) is 2.52. The Morgan fingerprint density at radius 1 is 1.29 bits per heavy atom. The first-order valence-corrected chi connectivity index (χ1v) is 6.90. The number of hydrogen-bond acceptors (Lipinski definition) is 2. The van der Waals surface area contributed by atoms with E-state index in [0.717, 1.165) is 25.6 Å². The van der Waals surface area contributed by atoms with Gasteiger partial charge in [0.1, 0.15) is 0 Å². The molecule has 0 aliphatic heterocycles. The average Bonchev–Trinajstić information content (AvgIpc) is 3.06. The summed E-state index contributed by atoms with van der Waals surface area (Å²) < 4.78 is 26.4. The lowest BCUT2D eigenvalue weighted by atomic mass is 9.86. The molecule has 2 unspecified atom stereocenters. The van der Waals surface area contributed by atoms with Gasteiger partial charge >= 0.3 is 0 Å². The summed E-state index contributed by atoms with van der Waals surface area (Å²) in [6.45, 7) is 3.81. The molecule has 0 aromatic carbocycles. The minimum atomic E-state index is -2.42. The van der Waals surface area contributed by atoms with E-state index in [9.17, 15) is 8.78 Å². The smallest absolute Gasteiger partial charge is 0.248 e. The first-order valence-electron chi connectivity index (χ1n) is 6.90. The van der Waals surface area contributed by atoms with Crippen LogP contribution in [0.25, 0.3) is 0 Å². The molecule has 0 aromatic heterocycles. The Labute approximate surface area is 103 Å². The van der Waals surface area contributed by atoms with Crippen LogP contribution in [0, 0.1) is 5.92 Å². The molecule has 4 heteroatoms. The number of rotatable bonds is 6. The van der Waals surface area contributed by atoms with Crippen molar-refractivity contribution in [2.24, 2.45) is 5.92 Å². The molecule has 0 radical (unpaired) electrons. The van der Waals surface area contributed by atoms with E-state index in [4.69, 9.17) is 0 Å². The van der Waals surface area contributed by atoms with Crippen molar-refractivity contribution in [3.8, 4) is 0 Å². The Morgan fingerprint density at radius 3 is 2.71 bits per heavy atom. The molecule has 2 aliphatic carbocycles. The van der Waals surface area contributed by atoms with Crippen LogP contribution >= 0.6 is 0 Å². The van der Waals surface area contributed by atoms with E-state index in [1.807, 2.05) is 0 Å². The van der Waals surface area contributed by atoms with Crippen molar-refractivity contribution in [1.29, 1.82) is 0 Å². The molecule has 100 valence electrons. The highest BCUT2D eigenvalue weighted by atomic mass is 19.3. The highest BCUT2D eigenvalue weighted by Crippen LogP contribution is 2.36. The zero-order chi connectivity index (χ0) is 12.3. The maximum absolute atomic E-state index is 13.2. The topological polar surface area (TPSA) is 24.1 Å². The first-order chi connectivity index (χ1) is 8.05. The van der Waals surface area contributed by atoms with Crippen molar-refractivity contribution >= 4 is 0 Å². The molecular formula is C13H24F2N2. The molecule has 0 bridgehead atoms. The molecule has 2 aliphatic rings. The monoisotopic (exact) mass is 246 g/mol. The van der Waals surface area contributed by atoms with Gasteiger partial charge < -0.3 is 10.6 Å². The Hall–Kier alpha value is -0.220. The molecule has 0 aromatic rings. The third-order valence-corrected chi connectivity index (χ3v) is 3.79. The molecule has 2 nitrogen and oxygen atoms in total. The number of nitrogens with one attached hydrogen (secondary N) is 2. The van der Waals surface area contributed by atoms with Gasteiger partial charge in [-0.3, -0.25) is 0 Å². The maximum atomic E-state index is 13.2. The summed E-state index contributed by atoms with van der Waals surface area (Å²) in [6, 6.07) is 1.10. The minimum absolute atomic E-state index is 0.0722. The highest BCUT2D eigenvalue weighted by Gasteiger charge is 2.35. The third kappa shape index (κ3) is 4.88. The van der Waals surface area contributed by atoms with Crippen LogP contribution in [0.15, 0.2) is 0 Å². The van der Waals surface area contributed by atoms with E-state index < -0.39 is 5.92 Å². The van der Waals surface area contributed by atoms with Gasteiger partial charge in [-0.2, -0.15) is 0 Å². The van der Waals surface area contributed by atoms with Crippen LogP contribution in [-0.2, 0) is 0 Å². The van der Waals surface area contributed by atoms with Crippen LogP contribution in [-0.4, -0.2) is 31.1 Å². The van der Waals surface area contributed by atoms with Crippen molar-refractivity contribution in [2.75, 3.05) is 13.1 Å². The van der Waals surface area contributed by atoms with Crippen LogP contribution in [0.3, 0.4) is 0 Å². The van der Waals surface area contributed by atoms with E-state index in [1.54, 1.807) is 0 Å². The van der Waals surface area contributed by atoms with E-state index >= 15 is 0 Å². The number of alkyl halides is 2. The first kappa shape index (κ1) is 13.2. The van der Waals surface area contributed by atoms with Crippen LogP contribution in [0.1, 0.15) is 45.4 Å². The van der Waals surface area contributed by atoms with Crippen molar-refractivity contribution in [3.63, 3.8) is 0 Å². The quantitative estimate of drug-likeness (QED) is 0.752. The zero-order valence-corrected chi connectivity index (χ0v) is 10.6. The lowest BCUT2D eigenvalue weighted by Crippen LogP contribution is -2.41. The molecule has 0 heterocycles. The van der Waals surface area contributed by atoms with E-state index in [1.165, 1.54) is 12.8 Å². The molecule has 0 saturated heterocycles. The van der Waals surface area contributed by atoms with E-state index in [-0.39, 0.29) is 18.8 Å². The van der Waals surface area contributed by atoms with Gasteiger partial charge in [0.25, 0.3) is 0 Å². The number of halogens is 2. The summed E-state index contributed by atoms with van der Waals surface area (Å²) in [7, 11) is 0. The molecular weight excluding hydrogens is 222 g/mol. The Kier molecular flexibility index (Phi) is 4.36. The predicted octanol–water partition coefficient (Wildman–Crippen LogP) is 2.54. The lowest BCUT2D eigenvalue weighted by molar-refractivity contribution is -0.0522. The maximum Gasteiger partial charge on any atom is 0.248 e. The molecule has 2 fully saturated rings. The largest absolute Gasteiger partial charge is 0.313 e. The van der Waals surface area contributed by atoms with Gasteiger partial charge in [0.05, 0.1) is 0 Å². The number of hydrogen-bond donors (Lipinski definition) is 2. The summed E-state index contributed by atoms with van der Waals surface area (Å²) >= 11 is 0. The molecule has 0 amide bonds. The van der Waals surface area contributed by atoms with E-state index in [0.29, 0.717) is 12.5 Å². The fourth-order valence-corrected chi connectivity index (χ4v) is 2.52. The second kappa shape index (κ2) is 5.61. The summed E-state index contributed by atoms with van der Waals surface area (Å²) in [5, 5.41) is 6.83. The average molecular weight is 246 g/mol. The predicted molar refractivity (Wildman–Crippen MR) is 65.4 cm³/mol. The van der Waals surface area contributed by atoms with Gasteiger partial charge in [-0.1, -0.05) is 0 Å². The highest BCUT2D eigenvalue weighted by molar-refractivity contribution is 4.83. The summed E-state index contributed by atoms with van der Waals surface area (Å²) in [6.07, 6.45) is 4.37. The molecule has 17 heavy (non-hydrogen) atoms. The van der Waals surface area contributed by atoms with Crippen LogP contribution in [0.5, 0.6) is 0 Å². The normalized spacial score (nSPS) is 30.2. The van der Waals surface area contributed by atoms with Crippen LogP contribution in [0.2, 0.25) is 0 Å². The van der Waals surface area contributed by atoms with Gasteiger partial charge in [0.2, 0.25) is 5.92 Å². The Balaban J connectivity index is 1.59. The summed E-state index contributed by atoms with van der Waals surface area (Å²) in [4.78, 5) is 0. The van der Waals surface area contributed by atoms with Crippen LogP contribution < -0.4 is 10.6 Å². The lowest BCUT2D eigenvalue weighted by Gasteiger charge is -2.30. The molecule has 2 atom stereocenters. The van der Waals surface area contributed by atoms with Gasteiger partial charge in [-0.15, -0.1) is 0 Å². The molecule has 0 spiro atoms. The standard InChI is InChI=1S/C13H24F2N2/c1-10(8-17-12-4-5-12)16-9-11-3-2-6-13(14,15)7-11/h10-12,16-17H,2-9H2,1H3.